The molecule has 0 N–H and O–H groups in total. The molecular weight excluding hydrogens is 284 g/mol. The first-order valence-corrected chi connectivity index (χ1v) is 7.47. The Hall–Kier alpha value is -2.34. The third-order valence-electron chi connectivity index (χ3n) is 3.11. The van der Waals surface area contributed by atoms with Crippen LogP contribution in [0.5, 0.6) is 0 Å². The van der Waals surface area contributed by atoms with Crippen molar-refractivity contribution in [2.45, 2.75) is 5.16 Å². The monoisotopic (exact) mass is 298 g/mol. The maximum absolute atomic E-state index is 12.2. The highest BCUT2D eigenvalue weighted by Gasteiger charge is 2.13. The molecule has 1 aromatic carbocycles. The van der Waals surface area contributed by atoms with Crippen LogP contribution >= 0.6 is 11.8 Å². The number of ketones is 1. The SMILES string of the molecule is Cn1cccc1C(=O)CSc1nncn1-c1ccccc1. The summed E-state index contributed by atoms with van der Waals surface area (Å²) in [6.45, 7) is 0. The number of thioether (sulfide) groups is 1. The van der Waals surface area contributed by atoms with E-state index in [2.05, 4.69) is 10.2 Å². The number of Topliss-reactive ketones (excluding diaryl/α,β-unsaturated/α-hetero) is 1. The molecule has 0 saturated carbocycles. The van der Waals surface area contributed by atoms with Crippen molar-refractivity contribution in [3.05, 3.63) is 60.7 Å². The smallest absolute Gasteiger partial charge is 0.196 e. The highest BCUT2D eigenvalue weighted by Crippen LogP contribution is 2.20. The molecule has 0 radical (unpaired) electrons. The molecular formula is C15H14N4OS. The molecule has 5 nitrogen and oxygen atoms in total. The van der Waals surface area contributed by atoms with Gasteiger partial charge in [-0.3, -0.25) is 9.36 Å². The zero-order chi connectivity index (χ0) is 14.7. The van der Waals surface area contributed by atoms with Crippen LogP contribution in [0.2, 0.25) is 0 Å². The summed E-state index contributed by atoms with van der Waals surface area (Å²) in [5.74, 6) is 0.415. The average Bonchev–Trinajstić information content (AvgIpc) is 3.14. The lowest BCUT2D eigenvalue weighted by molar-refractivity contribution is 0.101. The topological polar surface area (TPSA) is 52.7 Å². The molecule has 6 heteroatoms. The molecule has 0 atom stereocenters. The molecule has 3 aromatic rings. The predicted octanol–water partition coefficient (Wildman–Crippen LogP) is 2.58. The molecule has 106 valence electrons. The van der Waals surface area contributed by atoms with Crippen LogP contribution in [0.1, 0.15) is 10.5 Å². The molecule has 2 heterocycles. The maximum atomic E-state index is 12.2. The van der Waals surface area contributed by atoms with Gasteiger partial charge in [-0.2, -0.15) is 0 Å². The Morgan fingerprint density at radius 1 is 1.19 bits per heavy atom. The first-order chi connectivity index (χ1) is 10.3. The van der Waals surface area contributed by atoms with Gasteiger partial charge in [0.2, 0.25) is 0 Å². The summed E-state index contributed by atoms with van der Waals surface area (Å²) in [6, 6.07) is 13.5. The van der Waals surface area contributed by atoms with E-state index in [1.54, 1.807) is 6.33 Å². The number of para-hydroxylation sites is 1. The second-order valence-electron chi connectivity index (χ2n) is 4.54. The van der Waals surface area contributed by atoms with Crippen LogP contribution in [-0.2, 0) is 7.05 Å². The van der Waals surface area contributed by atoms with Gasteiger partial charge in [-0.25, -0.2) is 0 Å². The van der Waals surface area contributed by atoms with E-state index in [9.17, 15) is 4.79 Å². The summed E-state index contributed by atoms with van der Waals surface area (Å²) in [5.41, 5.74) is 1.68. The zero-order valence-corrected chi connectivity index (χ0v) is 12.3. The highest BCUT2D eigenvalue weighted by atomic mass is 32.2. The summed E-state index contributed by atoms with van der Waals surface area (Å²) in [6.07, 6.45) is 3.52. The van der Waals surface area contributed by atoms with Crippen LogP contribution in [0, 0.1) is 0 Å². The average molecular weight is 298 g/mol. The third kappa shape index (κ3) is 2.90. The van der Waals surface area contributed by atoms with Gasteiger partial charge < -0.3 is 4.57 Å². The Balaban J connectivity index is 1.74. The number of carbonyl (C=O) groups is 1. The molecule has 3 rings (SSSR count). The minimum Gasteiger partial charge on any atom is -0.348 e. The van der Waals surface area contributed by atoms with Gasteiger partial charge >= 0.3 is 0 Å². The second-order valence-corrected chi connectivity index (χ2v) is 5.48. The van der Waals surface area contributed by atoms with Crippen molar-refractivity contribution in [2.24, 2.45) is 7.05 Å². The number of hydrogen-bond donors (Lipinski definition) is 0. The summed E-state index contributed by atoms with van der Waals surface area (Å²) in [4.78, 5) is 12.2. The molecule has 0 bridgehead atoms. The number of aryl methyl sites for hydroxylation is 1. The number of carbonyl (C=O) groups excluding carboxylic acids is 1. The highest BCUT2D eigenvalue weighted by molar-refractivity contribution is 7.99. The van der Waals surface area contributed by atoms with E-state index >= 15 is 0 Å². The van der Waals surface area contributed by atoms with Crippen molar-refractivity contribution >= 4 is 17.5 Å². The normalized spacial score (nSPS) is 10.7. The van der Waals surface area contributed by atoms with Crippen LogP contribution in [0.4, 0.5) is 0 Å². The second kappa shape index (κ2) is 5.97. The Kier molecular flexibility index (Phi) is 3.87. The number of rotatable bonds is 5. The van der Waals surface area contributed by atoms with Gasteiger partial charge in [0.25, 0.3) is 0 Å². The van der Waals surface area contributed by atoms with E-state index in [0.717, 1.165) is 5.69 Å². The molecule has 0 amide bonds. The minimum absolute atomic E-state index is 0.0788. The fraction of sp³-hybridized carbons (Fsp3) is 0.133. The third-order valence-corrected chi connectivity index (χ3v) is 4.06. The van der Waals surface area contributed by atoms with E-state index in [4.69, 9.17) is 0 Å². The van der Waals surface area contributed by atoms with Crippen LogP contribution in [-0.4, -0.2) is 30.9 Å². The molecule has 0 aliphatic heterocycles. The number of aromatic nitrogens is 4. The molecule has 0 aliphatic rings. The van der Waals surface area contributed by atoms with Crippen molar-refractivity contribution in [3.8, 4) is 5.69 Å². The zero-order valence-electron chi connectivity index (χ0n) is 11.5. The van der Waals surface area contributed by atoms with Crippen LogP contribution in [0.25, 0.3) is 5.69 Å². The Bertz CT molecular complexity index is 748. The lowest BCUT2D eigenvalue weighted by Crippen LogP contribution is -2.08. The molecule has 0 fully saturated rings. The van der Waals surface area contributed by atoms with Gasteiger partial charge in [0.1, 0.15) is 6.33 Å². The van der Waals surface area contributed by atoms with E-state index in [1.807, 2.05) is 64.8 Å². The molecule has 0 saturated heterocycles. The van der Waals surface area contributed by atoms with Crippen molar-refractivity contribution in [1.82, 2.24) is 19.3 Å². The largest absolute Gasteiger partial charge is 0.348 e. The Morgan fingerprint density at radius 3 is 2.71 bits per heavy atom. The summed E-state index contributed by atoms with van der Waals surface area (Å²) in [7, 11) is 1.87. The predicted molar refractivity (Wildman–Crippen MR) is 81.8 cm³/mol. The summed E-state index contributed by atoms with van der Waals surface area (Å²) < 4.78 is 3.70. The molecule has 2 aromatic heterocycles. The molecule has 0 spiro atoms. The van der Waals surface area contributed by atoms with Gasteiger partial charge in [-0.15, -0.1) is 10.2 Å². The van der Waals surface area contributed by atoms with Gasteiger partial charge in [0.05, 0.1) is 11.4 Å². The number of nitrogens with zero attached hydrogens (tertiary/aromatic N) is 4. The minimum atomic E-state index is 0.0788. The van der Waals surface area contributed by atoms with Gasteiger partial charge in [0, 0.05) is 18.9 Å². The Labute approximate surface area is 126 Å². The van der Waals surface area contributed by atoms with Gasteiger partial charge in [0.15, 0.2) is 10.9 Å². The van der Waals surface area contributed by atoms with Crippen molar-refractivity contribution in [2.75, 3.05) is 5.75 Å². The maximum Gasteiger partial charge on any atom is 0.196 e. The van der Waals surface area contributed by atoms with E-state index in [1.165, 1.54) is 11.8 Å². The quantitative estimate of drug-likeness (QED) is 0.536. The summed E-state index contributed by atoms with van der Waals surface area (Å²) >= 11 is 1.39. The number of hydrogen-bond acceptors (Lipinski definition) is 4. The van der Waals surface area contributed by atoms with Crippen molar-refractivity contribution in [1.29, 1.82) is 0 Å². The van der Waals surface area contributed by atoms with Crippen LogP contribution < -0.4 is 0 Å². The van der Waals surface area contributed by atoms with Gasteiger partial charge in [-0.1, -0.05) is 30.0 Å². The molecule has 21 heavy (non-hydrogen) atoms. The lowest BCUT2D eigenvalue weighted by atomic mass is 10.3. The molecule has 0 aliphatic carbocycles. The van der Waals surface area contributed by atoms with E-state index in [-0.39, 0.29) is 5.78 Å². The first-order valence-electron chi connectivity index (χ1n) is 6.48. The van der Waals surface area contributed by atoms with Crippen molar-refractivity contribution in [3.63, 3.8) is 0 Å². The van der Waals surface area contributed by atoms with Crippen molar-refractivity contribution < 1.29 is 4.79 Å². The van der Waals surface area contributed by atoms with Crippen LogP contribution in [0.15, 0.2) is 60.1 Å². The fourth-order valence-electron chi connectivity index (χ4n) is 2.04. The standard InChI is InChI=1S/C15H14N4OS/c1-18-9-5-8-13(18)14(20)10-21-15-17-16-11-19(15)12-6-3-2-4-7-12/h2-9,11H,10H2,1H3. The fourth-order valence-corrected chi connectivity index (χ4v) is 2.85. The van der Waals surface area contributed by atoms with E-state index in [0.29, 0.717) is 16.6 Å². The van der Waals surface area contributed by atoms with Gasteiger partial charge in [-0.05, 0) is 24.3 Å². The molecule has 0 unspecified atom stereocenters. The van der Waals surface area contributed by atoms with Crippen LogP contribution in [0.3, 0.4) is 0 Å². The first kappa shape index (κ1) is 13.6. The van der Waals surface area contributed by atoms with E-state index < -0.39 is 0 Å². The Morgan fingerprint density at radius 2 is 2.00 bits per heavy atom. The number of benzene rings is 1. The lowest BCUT2D eigenvalue weighted by Gasteiger charge is -2.06. The summed E-state index contributed by atoms with van der Waals surface area (Å²) in [5, 5.41) is 8.73.